The number of hydrogen-bond acceptors (Lipinski definition) is 3. The first-order valence-corrected chi connectivity index (χ1v) is 6.82. The second kappa shape index (κ2) is 4.46. The minimum Gasteiger partial charge on any atom is -0.392 e. The predicted octanol–water partition coefficient (Wildman–Crippen LogP) is 2.62. The van der Waals surface area contributed by atoms with Crippen LogP contribution in [0.2, 0.25) is 0 Å². The van der Waals surface area contributed by atoms with Crippen LogP contribution in [0.25, 0.3) is 0 Å². The third kappa shape index (κ3) is 2.26. The van der Waals surface area contributed by atoms with E-state index in [0.29, 0.717) is 12.0 Å². The van der Waals surface area contributed by atoms with Gasteiger partial charge in [-0.25, -0.2) is 0 Å². The van der Waals surface area contributed by atoms with E-state index in [9.17, 15) is 9.90 Å². The predicted molar refractivity (Wildman–Crippen MR) is 70.3 cm³/mol. The van der Waals surface area contributed by atoms with Crippen LogP contribution in [0, 0.1) is 5.41 Å². The van der Waals surface area contributed by atoms with Crippen LogP contribution in [0.4, 0.5) is 0 Å². The molecule has 0 heterocycles. The monoisotopic (exact) mass is 252 g/mol. The Hall–Kier alpha value is -0.670. The van der Waals surface area contributed by atoms with E-state index in [1.165, 1.54) is 0 Å². The highest BCUT2D eigenvalue weighted by Gasteiger charge is 2.48. The lowest BCUT2D eigenvalue weighted by Crippen LogP contribution is -2.39. The molecule has 0 unspecified atom stereocenters. The largest absolute Gasteiger partial charge is 0.392 e. The molecule has 0 saturated heterocycles. The molecule has 102 valence electrons. The van der Waals surface area contributed by atoms with Crippen LogP contribution < -0.4 is 0 Å². The third-order valence-corrected chi connectivity index (χ3v) is 4.28. The van der Waals surface area contributed by atoms with Gasteiger partial charge in [0.05, 0.1) is 18.3 Å². The summed E-state index contributed by atoms with van der Waals surface area (Å²) in [5.41, 5.74) is 1.59. The molecule has 0 aromatic rings. The lowest BCUT2D eigenvalue weighted by Gasteiger charge is -2.39. The van der Waals surface area contributed by atoms with Gasteiger partial charge in [0.1, 0.15) is 0 Å². The minimum absolute atomic E-state index is 0.0563. The first-order valence-electron chi connectivity index (χ1n) is 6.82. The standard InChI is InChI=1S/C15H24O3/c1-14(2,3)18-13-6-5-11-10(9-16)12(17)7-8-15(11,13)4/h13,16H,5-9H2,1-4H3/t13-,15-/m1/s1. The van der Waals surface area contributed by atoms with Crippen molar-refractivity contribution in [3.63, 3.8) is 0 Å². The van der Waals surface area contributed by atoms with Gasteiger partial charge in [0.25, 0.3) is 0 Å². The van der Waals surface area contributed by atoms with E-state index in [1.807, 2.05) is 0 Å². The summed E-state index contributed by atoms with van der Waals surface area (Å²) in [6.07, 6.45) is 3.41. The molecule has 0 bridgehead atoms. The molecule has 1 fully saturated rings. The van der Waals surface area contributed by atoms with Crippen molar-refractivity contribution in [1.82, 2.24) is 0 Å². The molecule has 0 spiro atoms. The van der Waals surface area contributed by atoms with E-state index < -0.39 is 0 Å². The molecule has 2 aliphatic carbocycles. The van der Waals surface area contributed by atoms with Crippen LogP contribution in [0.3, 0.4) is 0 Å². The highest BCUT2D eigenvalue weighted by Crippen LogP contribution is 2.52. The van der Waals surface area contributed by atoms with Gasteiger partial charge >= 0.3 is 0 Å². The van der Waals surface area contributed by atoms with Crippen molar-refractivity contribution in [3.05, 3.63) is 11.1 Å². The van der Waals surface area contributed by atoms with Crippen LogP contribution in [0.15, 0.2) is 11.1 Å². The molecule has 0 radical (unpaired) electrons. The number of ketones is 1. The second-order valence-corrected chi connectivity index (χ2v) is 6.71. The number of carbonyl (C=O) groups excluding carboxylic acids is 1. The van der Waals surface area contributed by atoms with E-state index in [0.717, 1.165) is 24.8 Å². The average molecular weight is 252 g/mol. The summed E-state index contributed by atoms with van der Waals surface area (Å²) in [5.74, 6) is 0.126. The fourth-order valence-electron chi connectivity index (χ4n) is 3.37. The first kappa shape index (κ1) is 13.8. The quantitative estimate of drug-likeness (QED) is 0.821. The third-order valence-electron chi connectivity index (χ3n) is 4.28. The van der Waals surface area contributed by atoms with Gasteiger partial charge in [-0.3, -0.25) is 4.79 Å². The Bertz CT molecular complexity index is 389. The molecular formula is C15H24O3. The number of ether oxygens (including phenoxy) is 1. The molecule has 1 N–H and O–H groups in total. The summed E-state index contributed by atoms with van der Waals surface area (Å²) < 4.78 is 6.17. The van der Waals surface area contributed by atoms with Crippen molar-refractivity contribution in [3.8, 4) is 0 Å². The molecule has 2 rings (SSSR count). The number of fused-ring (bicyclic) bond motifs is 1. The van der Waals surface area contributed by atoms with E-state index in [2.05, 4.69) is 27.7 Å². The topological polar surface area (TPSA) is 46.5 Å². The maximum absolute atomic E-state index is 11.8. The lowest BCUT2D eigenvalue weighted by molar-refractivity contribution is -0.120. The van der Waals surface area contributed by atoms with Crippen molar-refractivity contribution in [2.75, 3.05) is 6.61 Å². The summed E-state index contributed by atoms with van der Waals surface area (Å²) in [6, 6.07) is 0. The Labute approximate surface area is 109 Å². The Morgan fingerprint density at radius 1 is 1.39 bits per heavy atom. The zero-order valence-corrected chi connectivity index (χ0v) is 11.9. The molecule has 3 heteroatoms. The zero-order chi connectivity index (χ0) is 13.6. The second-order valence-electron chi connectivity index (χ2n) is 6.71. The van der Waals surface area contributed by atoms with E-state index in [4.69, 9.17) is 4.74 Å². The fraction of sp³-hybridized carbons (Fsp3) is 0.800. The summed E-state index contributed by atoms with van der Waals surface area (Å²) in [5, 5.41) is 9.42. The van der Waals surface area contributed by atoms with Crippen molar-refractivity contribution in [2.45, 2.75) is 65.1 Å². The van der Waals surface area contributed by atoms with Crippen molar-refractivity contribution in [2.24, 2.45) is 5.41 Å². The Kier molecular flexibility index (Phi) is 3.41. The number of carbonyl (C=O) groups is 1. The molecule has 0 aromatic heterocycles. The van der Waals surface area contributed by atoms with Gasteiger partial charge in [-0.05, 0) is 40.0 Å². The maximum Gasteiger partial charge on any atom is 0.161 e. The van der Waals surface area contributed by atoms with Crippen LogP contribution >= 0.6 is 0 Å². The number of Topliss-reactive ketones (excluding diaryl/α,β-unsaturated/α-hetero) is 1. The molecule has 0 aromatic carbocycles. The van der Waals surface area contributed by atoms with Gasteiger partial charge in [0, 0.05) is 17.4 Å². The normalized spacial score (nSPS) is 32.9. The number of hydrogen-bond donors (Lipinski definition) is 1. The number of rotatable bonds is 2. The Balaban J connectivity index is 2.32. The van der Waals surface area contributed by atoms with Gasteiger partial charge in [-0.2, -0.15) is 0 Å². The smallest absolute Gasteiger partial charge is 0.161 e. The van der Waals surface area contributed by atoms with Crippen molar-refractivity contribution in [1.29, 1.82) is 0 Å². The molecule has 2 atom stereocenters. The zero-order valence-electron chi connectivity index (χ0n) is 11.9. The van der Waals surface area contributed by atoms with Gasteiger partial charge in [0.15, 0.2) is 5.78 Å². The molecular weight excluding hydrogens is 228 g/mol. The molecule has 18 heavy (non-hydrogen) atoms. The van der Waals surface area contributed by atoms with E-state index in [1.54, 1.807) is 0 Å². The summed E-state index contributed by atoms with van der Waals surface area (Å²) in [7, 11) is 0. The maximum atomic E-state index is 11.8. The van der Waals surface area contributed by atoms with Gasteiger partial charge < -0.3 is 9.84 Å². The Morgan fingerprint density at radius 3 is 2.61 bits per heavy atom. The van der Waals surface area contributed by atoms with Crippen LogP contribution in [-0.4, -0.2) is 29.2 Å². The van der Waals surface area contributed by atoms with E-state index in [-0.39, 0.29) is 29.5 Å². The van der Waals surface area contributed by atoms with Crippen LogP contribution in [0.1, 0.15) is 53.4 Å². The lowest BCUT2D eigenvalue weighted by atomic mass is 9.71. The van der Waals surface area contributed by atoms with Gasteiger partial charge in [-0.15, -0.1) is 0 Å². The van der Waals surface area contributed by atoms with Gasteiger partial charge in [-0.1, -0.05) is 12.5 Å². The van der Waals surface area contributed by atoms with Gasteiger partial charge in [0.2, 0.25) is 0 Å². The summed E-state index contributed by atoms with van der Waals surface area (Å²) >= 11 is 0. The molecule has 3 nitrogen and oxygen atoms in total. The molecule has 1 saturated carbocycles. The van der Waals surface area contributed by atoms with E-state index >= 15 is 0 Å². The first-order chi connectivity index (χ1) is 8.28. The SMILES string of the molecule is CC(C)(C)O[C@@H]1CCC2=C(CO)C(=O)CC[C@]21C. The summed E-state index contributed by atoms with van der Waals surface area (Å²) in [4.78, 5) is 11.8. The fourth-order valence-corrected chi connectivity index (χ4v) is 3.37. The van der Waals surface area contributed by atoms with Crippen molar-refractivity contribution >= 4 is 5.78 Å². The summed E-state index contributed by atoms with van der Waals surface area (Å²) in [6.45, 7) is 8.27. The molecule has 0 aliphatic heterocycles. The number of aliphatic hydroxyl groups is 1. The molecule has 0 amide bonds. The average Bonchev–Trinajstić information content (AvgIpc) is 2.56. The Morgan fingerprint density at radius 2 is 2.06 bits per heavy atom. The highest BCUT2D eigenvalue weighted by atomic mass is 16.5. The molecule has 2 aliphatic rings. The van der Waals surface area contributed by atoms with Crippen LogP contribution in [0.5, 0.6) is 0 Å². The highest BCUT2D eigenvalue weighted by molar-refractivity contribution is 5.97. The number of aliphatic hydroxyl groups excluding tert-OH is 1. The minimum atomic E-state index is -0.163. The van der Waals surface area contributed by atoms with Crippen LogP contribution in [-0.2, 0) is 9.53 Å². The van der Waals surface area contributed by atoms with Crippen molar-refractivity contribution < 1.29 is 14.6 Å².